The molecule has 1 aromatic carbocycles. The van der Waals surface area contributed by atoms with Crippen LogP contribution in [0.4, 0.5) is 0 Å². The van der Waals surface area contributed by atoms with Crippen molar-refractivity contribution in [3.63, 3.8) is 0 Å². The third kappa shape index (κ3) is 2.26. The predicted octanol–water partition coefficient (Wildman–Crippen LogP) is 2.59. The molecule has 1 aliphatic rings. The van der Waals surface area contributed by atoms with Gasteiger partial charge in [0.25, 0.3) is 5.56 Å². The number of ether oxygens (including phenoxy) is 2. The smallest absolute Gasteiger partial charge is 0.276 e. The Kier molecular flexibility index (Phi) is 3.52. The minimum Gasteiger partial charge on any atom is -0.493 e. The lowest BCUT2D eigenvalue weighted by molar-refractivity contribution is 0.355. The van der Waals surface area contributed by atoms with Gasteiger partial charge in [0.2, 0.25) is 0 Å². The quantitative estimate of drug-likeness (QED) is 0.803. The SMILES string of the molecule is COc1ccc(-c2cc3nc4c(c(=O)n3[nH]2)CCCC4)cc1OC. The highest BCUT2D eigenvalue weighted by molar-refractivity contribution is 5.67. The van der Waals surface area contributed by atoms with Crippen LogP contribution in [0.5, 0.6) is 11.5 Å². The first-order valence-corrected chi connectivity index (χ1v) is 8.07. The molecule has 6 nitrogen and oxygen atoms in total. The van der Waals surface area contributed by atoms with E-state index in [1.165, 1.54) is 4.52 Å². The number of nitrogens with zero attached hydrogens (tertiary/aromatic N) is 2. The van der Waals surface area contributed by atoms with Crippen molar-refractivity contribution in [2.45, 2.75) is 25.7 Å². The summed E-state index contributed by atoms with van der Waals surface area (Å²) < 4.78 is 12.2. The summed E-state index contributed by atoms with van der Waals surface area (Å²) in [6, 6.07) is 7.56. The molecule has 0 radical (unpaired) electrons. The summed E-state index contributed by atoms with van der Waals surface area (Å²) in [6.45, 7) is 0. The Morgan fingerprint density at radius 3 is 2.67 bits per heavy atom. The molecule has 24 heavy (non-hydrogen) atoms. The van der Waals surface area contributed by atoms with E-state index in [0.717, 1.165) is 48.2 Å². The van der Waals surface area contributed by atoms with Gasteiger partial charge in [-0.1, -0.05) is 0 Å². The number of fused-ring (bicyclic) bond motifs is 2. The van der Waals surface area contributed by atoms with Gasteiger partial charge in [-0.3, -0.25) is 9.89 Å². The van der Waals surface area contributed by atoms with Crippen LogP contribution in [0.15, 0.2) is 29.1 Å². The molecular formula is C18H19N3O3. The normalized spacial score (nSPS) is 13.8. The monoisotopic (exact) mass is 325 g/mol. The molecule has 2 heterocycles. The predicted molar refractivity (Wildman–Crippen MR) is 91.0 cm³/mol. The Labute approximate surface area is 139 Å². The fourth-order valence-electron chi connectivity index (χ4n) is 3.31. The molecular weight excluding hydrogens is 306 g/mol. The van der Waals surface area contributed by atoms with Crippen molar-refractivity contribution in [1.29, 1.82) is 0 Å². The van der Waals surface area contributed by atoms with Crippen LogP contribution in [-0.2, 0) is 12.8 Å². The lowest BCUT2D eigenvalue weighted by Gasteiger charge is -2.13. The van der Waals surface area contributed by atoms with Gasteiger partial charge in [0.15, 0.2) is 17.1 Å². The summed E-state index contributed by atoms with van der Waals surface area (Å²) in [4.78, 5) is 17.4. The van der Waals surface area contributed by atoms with Crippen molar-refractivity contribution < 1.29 is 9.47 Å². The van der Waals surface area contributed by atoms with E-state index in [2.05, 4.69) is 10.1 Å². The summed E-state index contributed by atoms with van der Waals surface area (Å²) in [7, 11) is 3.21. The summed E-state index contributed by atoms with van der Waals surface area (Å²) in [5.41, 5.74) is 4.20. The zero-order valence-corrected chi connectivity index (χ0v) is 13.8. The molecule has 6 heteroatoms. The second kappa shape index (κ2) is 5.70. The van der Waals surface area contributed by atoms with Crippen LogP contribution in [0.2, 0.25) is 0 Å². The highest BCUT2D eigenvalue weighted by Gasteiger charge is 2.18. The van der Waals surface area contributed by atoms with E-state index >= 15 is 0 Å². The largest absolute Gasteiger partial charge is 0.493 e. The maximum Gasteiger partial charge on any atom is 0.276 e. The number of benzene rings is 1. The van der Waals surface area contributed by atoms with Gasteiger partial charge in [0, 0.05) is 17.2 Å². The van der Waals surface area contributed by atoms with Crippen LogP contribution < -0.4 is 15.0 Å². The molecule has 0 atom stereocenters. The second-order valence-corrected chi connectivity index (χ2v) is 5.98. The minimum absolute atomic E-state index is 0.0152. The first kappa shape index (κ1) is 14.8. The van der Waals surface area contributed by atoms with E-state index in [9.17, 15) is 4.79 Å². The van der Waals surface area contributed by atoms with Gasteiger partial charge in [-0.15, -0.1) is 0 Å². The highest BCUT2D eigenvalue weighted by atomic mass is 16.5. The average molecular weight is 325 g/mol. The molecule has 0 amide bonds. The van der Waals surface area contributed by atoms with Crippen LogP contribution in [0.25, 0.3) is 16.9 Å². The van der Waals surface area contributed by atoms with E-state index in [0.29, 0.717) is 17.1 Å². The Hall–Kier alpha value is -2.76. The number of rotatable bonds is 3. The van der Waals surface area contributed by atoms with E-state index in [4.69, 9.17) is 9.47 Å². The molecule has 0 spiro atoms. The standard InChI is InChI=1S/C18H19N3O3/c1-23-15-8-7-11(9-16(15)24-2)14-10-17-19-13-6-4-3-5-12(13)18(22)21(17)20-14/h7-10,20H,3-6H2,1-2H3. The molecule has 0 saturated heterocycles. The zero-order valence-electron chi connectivity index (χ0n) is 13.8. The van der Waals surface area contributed by atoms with Gasteiger partial charge in [0.1, 0.15) is 0 Å². The van der Waals surface area contributed by atoms with Crippen molar-refractivity contribution in [2.75, 3.05) is 14.2 Å². The zero-order chi connectivity index (χ0) is 16.7. The Morgan fingerprint density at radius 1 is 1.08 bits per heavy atom. The Bertz CT molecular complexity index is 972. The van der Waals surface area contributed by atoms with E-state index in [1.807, 2.05) is 24.3 Å². The first-order chi connectivity index (χ1) is 11.7. The van der Waals surface area contributed by atoms with E-state index in [1.54, 1.807) is 14.2 Å². The number of methoxy groups -OCH3 is 2. The summed E-state index contributed by atoms with van der Waals surface area (Å²) in [6.07, 6.45) is 3.86. The van der Waals surface area contributed by atoms with Gasteiger partial charge in [-0.25, -0.2) is 9.50 Å². The number of nitrogens with one attached hydrogen (secondary N) is 1. The number of aryl methyl sites for hydroxylation is 1. The average Bonchev–Trinajstić information content (AvgIpc) is 3.05. The van der Waals surface area contributed by atoms with Crippen LogP contribution in [0.1, 0.15) is 24.1 Å². The first-order valence-electron chi connectivity index (χ1n) is 8.07. The summed E-state index contributed by atoms with van der Waals surface area (Å²) in [5.74, 6) is 1.32. The van der Waals surface area contributed by atoms with Gasteiger partial charge < -0.3 is 9.47 Å². The fraction of sp³-hybridized carbons (Fsp3) is 0.333. The van der Waals surface area contributed by atoms with Crippen molar-refractivity contribution >= 4 is 5.65 Å². The maximum atomic E-state index is 12.7. The topological polar surface area (TPSA) is 68.6 Å². The molecule has 0 aliphatic heterocycles. The lowest BCUT2D eigenvalue weighted by atomic mass is 9.97. The van der Waals surface area contributed by atoms with Crippen molar-refractivity contribution in [3.05, 3.63) is 45.9 Å². The third-order valence-electron chi connectivity index (χ3n) is 4.58. The molecule has 124 valence electrons. The van der Waals surface area contributed by atoms with Gasteiger partial charge in [0.05, 0.1) is 25.6 Å². The Morgan fingerprint density at radius 2 is 1.88 bits per heavy atom. The lowest BCUT2D eigenvalue weighted by Crippen LogP contribution is -2.24. The number of hydrogen-bond donors (Lipinski definition) is 1. The van der Waals surface area contributed by atoms with Crippen LogP contribution in [-0.4, -0.2) is 28.8 Å². The molecule has 1 N–H and O–H groups in total. The fourth-order valence-corrected chi connectivity index (χ4v) is 3.31. The number of aromatic nitrogens is 3. The third-order valence-corrected chi connectivity index (χ3v) is 4.58. The number of aromatic amines is 1. The molecule has 0 unspecified atom stereocenters. The summed E-state index contributed by atoms with van der Waals surface area (Å²) in [5, 5.41) is 3.16. The highest BCUT2D eigenvalue weighted by Crippen LogP contribution is 2.32. The van der Waals surface area contributed by atoms with Crippen LogP contribution in [0.3, 0.4) is 0 Å². The molecule has 0 saturated carbocycles. The molecule has 0 bridgehead atoms. The molecule has 4 rings (SSSR count). The molecule has 3 aromatic rings. The molecule has 0 fully saturated rings. The number of hydrogen-bond acceptors (Lipinski definition) is 4. The minimum atomic E-state index is 0.0152. The second-order valence-electron chi connectivity index (χ2n) is 5.98. The van der Waals surface area contributed by atoms with Gasteiger partial charge in [-0.05, 0) is 43.9 Å². The van der Waals surface area contributed by atoms with Crippen molar-refractivity contribution in [2.24, 2.45) is 0 Å². The van der Waals surface area contributed by atoms with Gasteiger partial charge >= 0.3 is 0 Å². The van der Waals surface area contributed by atoms with Crippen molar-refractivity contribution in [1.82, 2.24) is 14.6 Å². The molecule has 2 aromatic heterocycles. The Balaban J connectivity index is 1.86. The summed E-state index contributed by atoms with van der Waals surface area (Å²) >= 11 is 0. The maximum absolute atomic E-state index is 12.7. The van der Waals surface area contributed by atoms with Gasteiger partial charge in [-0.2, -0.15) is 0 Å². The van der Waals surface area contributed by atoms with Crippen LogP contribution >= 0.6 is 0 Å². The van der Waals surface area contributed by atoms with E-state index < -0.39 is 0 Å². The molecule has 1 aliphatic carbocycles. The van der Waals surface area contributed by atoms with E-state index in [-0.39, 0.29) is 5.56 Å². The van der Waals surface area contributed by atoms with Crippen molar-refractivity contribution in [3.8, 4) is 22.8 Å². The number of H-pyrrole nitrogens is 1. The van der Waals surface area contributed by atoms with Crippen LogP contribution in [0, 0.1) is 0 Å².